The van der Waals surface area contributed by atoms with Crippen LogP contribution in [0, 0.1) is 0 Å². The van der Waals surface area contributed by atoms with E-state index in [0.717, 1.165) is 11.3 Å². The first-order chi connectivity index (χ1) is 12.7. The third kappa shape index (κ3) is 4.49. The van der Waals surface area contributed by atoms with E-state index in [-0.39, 0.29) is 12.5 Å². The van der Waals surface area contributed by atoms with Crippen LogP contribution in [0.15, 0.2) is 59.1 Å². The average Bonchev–Trinajstić information content (AvgIpc) is 3.14. The van der Waals surface area contributed by atoms with Crippen molar-refractivity contribution in [3.05, 3.63) is 71.1 Å². The molecule has 0 aliphatic carbocycles. The molecule has 0 saturated carbocycles. The highest BCUT2D eigenvalue weighted by atomic mass is 35.5. The first kappa shape index (κ1) is 17.7. The second-order valence-corrected chi connectivity index (χ2v) is 5.72. The first-order valence-corrected chi connectivity index (χ1v) is 8.21. The van der Waals surface area contributed by atoms with Crippen LogP contribution in [-0.4, -0.2) is 23.2 Å². The van der Waals surface area contributed by atoms with E-state index in [0.29, 0.717) is 22.3 Å². The molecule has 6 nitrogen and oxygen atoms in total. The molecule has 0 bridgehead atoms. The second kappa shape index (κ2) is 8.31. The molecule has 1 N–H and O–H groups in total. The van der Waals surface area contributed by atoms with E-state index in [9.17, 15) is 4.79 Å². The minimum Gasteiger partial charge on any atom is -0.497 e. The van der Waals surface area contributed by atoms with Crippen molar-refractivity contribution in [1.29, 1.82) is 0 Å². The van der Waals surface area contributed by atoms with E-state index >= 15 is 0 Å². The summed E-state index contributed by atoms with van der Waals surface area (Å²) in [6.45, 7) is 0.128. The Morgan fingerprint density at radius 3 is 2.73 bits per heavy atom. The maximum absolute atomic E-state index is 11.9. The molecule has 0 atom stereocenters. The quantitative estimate of drug-likeness (QED) is 0.670. The topological polar surface area (TPSA) is 77.2 Å². The Morgan fingerprint density at radius 1 is 1.23 bits per heavy atom. The third-order valence-corrected chi connectivity index (χ3v) is 3.87. The number of aromatic nitrogens is 2. The molecule has 1 amide bonds. The van der Waals surface area contributed by atoms with Crippen LogP contribution in [0.3, 0.4) is 0 Å². The first-order valence-electron chi connectivity index (χ1n) is 7.83. The van der Waals surface area contributed by atoms with Gasteiger partial charge in [-0.3, -0.25) is 4.79 Å². The number of hydrogen-bond acceptors (Lipinski definition) is 5. The summed E-state index contributed by atoms with van der Waals surface area (Å²) in [7, 11) is 1.60. The van der Waals surface area contributed by atoms with Crippen LogP contribution in [0.5, 0.6) is 5.75 Å². The van der Waals surface area contributed by atoms with Crippen molar-refractivity contribution >= 4 is 23.6 Å². The summed E-state index contributed by atoms with van der Waals surface area (Å²) in [6, 6.07) is 14.6. The fourth-order valence-electron chi connectivity index (χ4n) is 2.19. The molecule has 0 fully saturated rings. The lowest BCUT2D eigenvalue weighted by Gasteiger charge is -1.99. The van der Waals surface area contributed by atoms with Gasteiger partial charge in [0.1, 0.15) is 5.75 Å². The van der Waals surface area contributed by atoms with Gasteiger partial charge in [0.05, 0.1) is 18.7 Å². The predicted molar refractivity (Wildman–Crippen MR) is 98.6 cm³/mol. The Morgan fingerprint density at radius 2 is 2.00 bits per heavy atom. The zero-order chi connectivity index (χ0) is 18.4. The molecule has 0 radical (unpaired) electrons. The van der Waals surface area contributed by atoms with Gasteiger partial charge in [-0.15, -0.1) is 0 Å². The smallest absolute Gasteiger partial charge is 0.246 e. The second-order valence-electron chi connectivity index (χ2n) is 5.32. The summed E-state index contributed by atoms with van der Waals surface area (Å²) >= 11 is 6.11. The zero-order valence-electron chi connectivity index (χ0n) is 14.0. The van der Waals surface area contributed by atoms with Crippen molar-refractivity contribution in [3.8, 4) is 17.1 Å². The molecule has 0 unspecified atom stereocenters. The zero-order valence-corrected chi connectivity index (χ0v) is 14.7. The lowest BCUT2D eigenvalue weighted by Crippen LogP contribution is -2.20. The molecule has 3 aromatic rings. The molecule has 0 aliphatic rings. The normalized spacial score (nSPS) is 10.8. The van der Waals surface area contributed by atoms with E-state index in [1.165, 1.54) is 6.08 Å². The molecular weight excluding hydrogens is 354 g/mol. The third-order valence-electron chi connectivity index (χ3n) is 3.54. The number of benzene rings is 2. The standard InChI is InChI=1S/C19H16ClN3O3/c1-25-14-9-6-13(7-10-14)8-11-17(24)21-12-18-22-19(23-26-18)15-4-2-3-5-16(15)20/h2-11H,12H2,1H3,(H,21,24)/b11-8+. The number of carbonyl (C=O) groups is 1. The Bertz CT molecular complexity index is 920. The summed E-state index contributed by atoms with van der Waals surface area (Å²) in [5, 5.41) is 7.11. The van der Waals surface area contributed by atoms with Crippen LogP contribution in [0.2, 0.25) is 5.02 Å². The van der Waals surface area contributed by atoms with Gasteiger partial charge in [-0.25, -0.2) is 0 Å². The number of nitrogens with one attached hydrogen (secondary N) is 1. The van der Waals surface area contributed by atoms with Crippen LogP contribution in [0.4, 0.5) is 0 Å². The molecular formula is C19H16ClN3O3. The summed E-state index contributed by atoms with van der Waals surface area (Å²) in [5.74, 6) is 1.18. The maximum atomic E-state index is 11.9. The Labute approximate surface area is 155 Å². The van der Waals surface area contributed by atoms with Crippen LogP contribution in [0.1, 0.15) is 11.5 Å². The molecule has 3 rings (SSSR count). The number of rotatable bonds is 6. The molecule has 0 spiro atoms. The van der Waals surface area contributed by atoms with Crippen LogP contribution < -0.4 is 10.1 Å². The maximum Gasteiger partial charge on any atom is 0.246 e. The van der Waals surface area contributed by atoms with Gasteiger partial charge in [0.15, 0.2) is 0 Å². The summed E-state index contributed by atoms with van der Waals surface area (Å²) in [6.07, 6.45) is 3.14. The molecule has 0 aliphatic heterocycles. The van der Waals surface area contributed by atoms with Crippen LogP contribution in [0.25, 0.3) is 17.5 Å². The molecule has 7 heteroatoms. The van der Waals surface area contributed by atoms with Gasteiger partial charge in [0.25, 0.3) is 0 Å². The Balaban J connectivity index is 1.56. The van der Waals surface area contributed by atoms with Crippen molar-refractivity contribution in [1.82, 2.24) is 15.5 Å². The molecule has 132 valence electrons. The van der Waals surface area contributed by atoms with E-state index in [2.05, 4.69) is 15.5 Å². The fourth-order valence-corrected chi connectivity index (χ4v) is 2.41. The number of halogens is 1. The number of hydrogen-bond donors (Lipinski definition) is 1. The van der Waals surface area contributed by atoms with E-state index < -0.39 is 0 Å². The number of amides is 1. The highest BCUT2D eigenvalue weighted by Crippen LogP contribution is 2.24. The summed E-state index contributed by atoms with van der Waals surface area (Å²) < 4.78 is 10.2. The number of methoxy groups -OCH3 is 1. The van der Waals surface area contributed by atoms with E-state index in [1.54, 1.807) is 25.3 Å². The summed E-state index contributed by atoms with van der Waals surface area (Å²) in [4.78, 5) is 16.1. The van der Waals surface area contributed by atoms with Crippen LogP contribution in [-0.2, 0) is 11.3 Å². The number of nitrogens with zero attached hydrogens (tertiary/aromatic N) is 2. The van der Waals surface area contributed by atoms with Crippen LogP contribution >= 0.6 is 11.6 Å². The molecule has 2 aromatic carbocycles. The molecule has 0 saturated heterocycles. The van der Waals surface area contributed by atoms with Crippen molar-refractivity contribution < 1.29 is 14.1 Å². The molecule has 1 heterocycles. The van der Waals surface area contributed by atoms with E-state index in [1.807, 2.05) is 36.4 Å². The van der Waals surface area contributed by atoms with Gasteiger partial charge in [0, 0.05) is 11.6 Å². The minimum atomic E-state index is -0.265. The van der Waals surface area contributed by atoms with Gasteiger partial charge in [-0.2, -0.15) is 4.98 Å². The van der Waals surface area contributed by atoms with Crippen molar-refractivity contribution in [3.63, 3.8) is 0 Å². The lowest BCUT2D eigenvalue weighted by molar-refractivity contribution is -0.116. The van der Waals surface area contributed by atoms with Crippen molar-refractivity contribution in [2.24, 2.45) is 0 Å². The van der Waals surface area contributed by atoms with E-state index in [4.69, 9.17) is 20.9 Å². The largest absolute Gasteiger partial charge is 0.497 e. The predicted octanol–water partition coefficient (Wildman–Crippen LogP) is 3.73. The monoisotopic (exact) mass is 369 g/mol. The summed E-state index contributed by atoms with van der Waals surface area (Å²) in [5.41, 5.74) is 1.56. The van der Waals surface area contributed by atoms with Gasteiger partial charge < -0.3 is 14.6 Å². The van der Waals surface area contributed by atoms with Gasteiger partial charge >= 0.3 is 0 Å². The lowest BCUT2D eigenvalue weighted by atomic mass is 10.2. The number of ether oxygens (including phenoxy) is 1. The average molecular weight is 370 g/mol. The van der Waals surface area contributed by atoms with Crippen molar-refractivity contribution in [2.45, 2.75) is 6.54 Å². The van der Waals surface area contributed by atoms with Crippen molar-refractivity contribution in [2.75, 3.05) is 7.11 Å². The Hall–Kier alpha value is -3.12. The SMILES string of the molecule is COc1ccc(/C=C/C(=O)NCc2nc(-c3ccccc3Cl)no2)cc1. The molecule has 1 aromatic heterocycles. The van der Waals surface area contributed by atoms with Gasteiger partial charge in [-0.05, 0) is 35.9 Å². The van der Waals surface area contributed by atoms with Gasteiger partial charge in [-0.1, -0.05) is 41.0 Å². The number of carbonyl (C=O) groups excluding carboxylic acids is 1. The highest BCUT2D eigenvalue weighted by Gasteiger charge is 2.11. The Kier molecular flexibility index (Phi) is 5.66. The van der Waals surface area contributed by atoms with Gasteiger partial charge in [0.2, 0.25) is 17.6 Å². The molecule has 26 heavy (non-hydrogen) atoms. The highest BCUT2D eigenvalue weighted by molar-refractivity contribution is 6.33. The minimum absolute atomic E-state index is 0.128. The fraction of sp³-hybridized carbons (Fsp3) is 0.105.